The smallest absolute Gasteiger partial charge is 0.165 e. The van der Waals surface area contributed by atoms with E-state index >= 15 is 0 Å². The van der Waals surface area contributed by atoms with Gasteiger partial charge >= 0.3 is 0 Å². The van der Waals surface area contributed by atoms with Crippen molar-refractivity contribution < 1.29 is 14.3 Å². The molecule has 1 saturated carbocycles. The van der Waals surface area contributed by atoms with Gasteiger partial charge in [-0.25, -0.2) is 0 Å². The van der Waals surface area contributed by atoms with Gasteiger partial charge in [0.1, 0.15) is 5.75 Å². The molecular formula is C15H20O3. The van der Waals surface area contributed by atoms with Crippen LogP contribution in [0, 0.1) is 0 Å². The van der Waals surface area contributed by atoms with Crippen LogP contribution in [0.15, 0.2) is 24.3 Å². The molecule has 0 aromatic heterocycles. The molecular weight excluding hydrogens is 228 g/mol. The van der Waals surface area contributed by atoms with E-state index in [1.54, 1.807) is 0 Å². The van der Waals surface area contributed by atoms with Crippen LogP contribution in [0.25, 0.3) is 0 Å². The molecule has 0 unspecified atom stereocenters. The summed E-state index contributed by atoms with van der Waals surface area (Å²) in [6.45, 7) is 3.28. The topological polar surface area (TPSA) is 35.5 Å². The molecule has 1 fully saturated rings. The summed E-state index contributed by atoms with van der Waals surface area (Å²) < 4.78 is 11.0. The Morgan fingerprint density at radius 2 is 2.17 bits per heavy atom. The van der Waals surface area contributed by atoms with E-state index in [9.17, 15) is 4.79 Å². The molecule has 2 rings (SSSR count). The Balaban J connectivity index is 1.84. The zero-order valence-corrected chi connectivity index (χ0v) is 10.9. The van der Waals surface area contributed by atoms with Crippen LogP contribution in [0.1, 0.15) is 43.0 Å². The highest BCUT2D eigenvalue weighted by molar-refractivity contribution is 5.96. The summed E-state index contributed by atoms with van der Waals surface area (Å²) in [6.07, 6.45) is 4.04. The van der Waals surface area contributed by atoms with Gasteiger partial charge in [0, 0.05) is 18.6 Å². The molecule has 98 valence electrons. The van der Waals surface area contributed by atoms with Gasteiger partial charge < -0.3 is 9.47 Å². The first-order valence-electron chi connectivity index (χ1n) is 6.67. The number of rotatable bonds is 8. The van der Waals surface area contributed by atoms with Crippen molar-refractivity contribution in [3.05, 3.63) is 29.8 Å². The number of Topliss-reactive ketones (excluding diaryl/α,β-unsaturated/α-hetero) is 1. The number of ether oxygens (including phenoxy) is 2. The zero-order chi connectivity index (χ0) is 12.8. The molecule has 0 aliphatic heterocycles. The van der Waals surface area contributed by atoms with E-state index in [-0.39, 0.29) is 5.78 Å². The van der Waals surface area contributed by atoms with Crippen LogP contribution in [0.3, 0.4) is 0 Å². The molecule has 0 spiro atoms. The highest BCUT2D eigenvalue weighted by Gasteiger charge is 2.23. The van der Waals surface area contributed by atoms with Crippen molar-refractivity contribution in [2.75, 3.05) is 13.2 Å². The summed E-state index contributed by atoms with van der Waals surface area (Å²) in [5.41, 5.74) is 0.716. The summed E-state index contributed by atoms with van der Waals surface area (Å²) in [5.74, 6) is 0.921. The van der Waals surface area contributed by atoms with E-state index in [4.69, 9.17) is 9.47 Å². The monoisotopic (exact) mass is 248 g/mol. The number of carbonyl (C=O) groups is 1. The molecule has 1 aromatic rings. The molecule has 0 amide bonds. The second-order valence-electron chi connectivity index (χ2n) is 4.63. The van der Waals surface area contributed by atoms with Crippen molar-refractivity contribution in [1.82, 2.24) is 0 Å². The number of hydrogen-bond acceptors (Lipinski definition) is 3. The lowest BCUT2D eigenvalue weighted by Gasteiger charge is -2.06. The molecule has 0 radical (unpaired) electrons. The summed E-state index contributed by atoms with van der Waals surface area (Å²) in [5, 5.41) is 0. The third kappa shape index (κ3) is 4.15. The lowest BCUT2D eigenvalue weighted by Crippen LogP contribution is -2.06. The van der Waals surface area contributed by atoms with E-state index in [1.165, 1.54) is 0 Å². The SMILES string of the molecule is CCCOCCC(=O)c1cccc(OC2CC2)c1. The van der Waals surface area contributed by atoms with Crippen LogP contribution < -0.4 is 4.74 Å². The first kappa shape index (κ1) is 13.1. The molecule has 0 bridgehead atoms. The van der Waals surface area contributed by atoms with Gasteiger partial charge in [-0.05, 0) is 31.4 Å². The quantitative estimate of drug-likeness (QED) is 0.523. The standard InChI is InChI=1S/C15H20O3/c1-2-9-17-10-8-15(16)12-4-3-5-14(11-12)18-13-6-7-13/h3-5,11,13H,2,6-10H2,1H3. The molecule has 0 heterocycles. The average Bonchev–Trinajstić information content (AvgIpc) is 3.19. The largest absolute Gasteiger partial charge is 0.490 e. The number of hydrogen-bond donors (Lipinski definition) is 0. The second kappa shape index (κ2) is 6.55. The van der Waals surface area contributed by atoms with Crippen LogP contribution in [-0.2, 0) is 4.74 Å². The zero-order valence-electron chi connectivity index (χ0n) is 10.9. The average molecular weight is 248 g/mol. The summed E-state index contributed by atoms with van der Waals surface area (Å²) >= 11 is 0. The molecule has 18 heavy (non-hydrogen) atoms. The molecule has 0 atom stereocenters. The first-order valence-corrected chi connectivity index (χ1v) is 6.67. The van der Waals surface area contributed by atoms with Crippen molar-refractivity contribution in [2.24, 2.45) is 0 Å². The van der Waals surface area contributed by atoms with Crippen LogP contribution in [-0.4, -0.2) is 25.1 Å². The predicted octanol–water partition coefficient (Wildman–Crippen LogP) is 3.23. The Labute approximate surface area is 108 Å². The van der Waals surface area contributed by atoms with Gasteiger partial charge in [-0.3, -0.25) is 4.79 Å². The first-order chi connectivity index (χ1) is 8.79. The Kier molecular flexibility index (Phi) is 4.76. The van der Waals surface area contributed by atoms with E-state index < -0.39 is 0 Å². The predicted molar refractivity (Wildman–Crippen MR) is 70.1 cm³/mol. The van der Waals surface area contributed by atoms with Crippen LogP contribution in [0.4, 0.5) is 0 Å². The van der Waals surface area contributed by atoms with E-state index in [2.05, 4.69) is 6.92 Å². The highest BCUT2D eigenvalue weighted by atomic mass is 16.5. The van der Waals surface area contributed by atoms with Crippen LogP contribution >= 0.6 is 0 Å². The summed E-state index contributed by atoms with van der Waals surface area (Å²) in [4.78, 5) is 11.9. The Hall–Kier alpha value is -1.35. The summed E-state index contributed by atoms with van der Waals surface area (Å²) in [7, 11) is 0. The maximum atomic E-state index is 11.9. The minimum Gasteiger partial charge on any atom is -0.490 e. The Morgan fingerprint density at radius 3 is 2.89 bits per heavy atom. The van der Waals surface area contributed by atoms with Crippen LogP contribution in [0.2, 0.25) is 0 Å². The van der Waals surface area contributed by atoms with Crippen molar-refractivity contribution in [3.8, 4) is 5.75 Å². The van der Waals surface area contributed by atoms with Gasteiger partial charge in [0.25, 0.3) is 0 Å². The molecule has 1 aliphatic carbocycles. The van der Waals surface area contributed by atoms with E-state index in [0.29, 0.717) is 24.7 Å². The number of ketones is 1. The van der Waals surface area contributed by atoms with E-state index in [1.807, 2.05) is 24.3 Å². The van der Waals surface area contributed by atoms with Gasteiger partial charge in [-0.1, -0.05) is 19.1 Å². The lowest BCUT2D eigenvalue weighted by molar-refractivity contribution is 0.0878. The minimum absolute atomic E-state index is 0.118. The van der Waals surface area contributed by atoms with Crippen molar-refractivity contribution in [3.63, 3.8) is 0 Å². The molecule has 1 aromatic carbocycles. The van der Waals surface area contributed by atoms with Gasteiger partial charge in [0.2, 0.25) is 0 Å². The maximum Gasteiger partial charge on any atom is 0.165 e. The van der Waals surface area contributed by atoms with Crippen molar-refractivity contribution in [2.45, 2.75) is 38.7 Å². The Morgan fingerprint density at radius 1 is 1.33 bits per heavy atom. The molecule has 0 N–H and O–H groups in total. The van der Waals surface area contributed by atoms with Gasteiger partial charge in [0.05, 0.1) is 12.7 Å². The maximum absolute atomic E-state index is 11.9. The van der Waals surface area contributed by atoms with Crippen molar-refractivity contribution in [1.29, 1.82) is 0 Å². The lowest BCUT2D eigenvalue weighted by atomic mass is 10.1. The van der Waals surface area contributed by atoms with E-state index in [0.717, 1.165) is 31.6 Å². The fraction of sp³-hybridized carbons (Fsp3) is 0.533. The van der Waals surface area contributed by atoms with Gasteiger partial charge in [-0.2, -0.15) is 0 Å². The second-order valence-corrected chi connectivity index (χ2v) is 4.63. The Bertz CT molecular complexity index is 396. The molecule has 3 heteroatoms. The summed E-state index contributed by atoms with van der Waals surface area (Å²) in [6, 6.07) is 7.45. The molecule has 3 nitrogen and oxygen atoms in total. The third-order valence-corrected chi connectivity index (χ3v) is 2.81. The number of benzene rings is 1. The minimum atomic E-state index is 0.118. The van der Waals surface area contributed by atoms with Crippen molar-refractivity contribution >= 4 is 5.78 Å². The van der Waals surface area contributed by atoms with Gasteiger partial charge in [0.15, 0.2) is 5.78 Å². The molecule has 0 saturated heterocycles. The fourth-order valence-electron chi connectivity index (χ4n) is 1.68. The van der Waals surface area contributed by atoms with Gasteiger partial charge in [-0.15, -0.1) is 0 Å². The molecule has 1 aliphatic rings. The fourth-order valence-corrected chi connectivity index (χ4v) is 1.68. The number of carbonyl (C=O) groups excluding carboxylic acids is 1. The highest BCUT2D eigenvalue weighted by Crippen LogP contribution is 2.27. The normalized spacial score (nSPS) is 14.5. The van der Waals surface area contributed by atoms with Crippen LogP contribution in [0.5, 0.6) is 5.75 Å². The third-order valence-electron chi connectivity index (χ3n) is 2.81.